The highest BCUT2D eigenvalue weighted by molar-refractivity contribution is 7.99. The fourth-order valence-electron chi connectivity index (χ4n) is 1.01. The zero-order valence-electron chi connectivity index (χ0n) is 7.95. The Hall–Kier alpha value is -0.670. The van der Waals surface area contributed by atoms with Crippen molar-refractivity contribution in [1.82, 2.24) is 0 Å². The van der Waals surface area contributed by atoms with Gasteiger partial charge in [0.2, 0.25) is 0 Å². The number of para-hydroxylation sites is 1. The molecule has 1 aromatic rings. The Bertz CT molecular complexity index is 263. The maximum absolute atomic E-state index is 9.14. The predicted octanol–water partition coefficient (Wildman–Crippen LogP) is 2.20. The van der Waals surface area contributed by atoms with Crippen LogP contribution in [0, 0.1) is 0 Å². The third kappa shape index (κ3) is 3.28. The average Bonchev–Trinajstić information content (AvgIpc) is 2.15. The molecule has 0 heterocycles. The number of hydrogen-bond donors (Lipinski definition) is 2. The molecule has 0 radical (unpaired) electrons. The molecule has 72 valence electrons. The molecule has 1 rings (SSSR count). The van der Waals surface area contributed by atoms with E-state index in [1.807, 2.05) is 25.2 Å². The lowest BCUT2D eigenvalue weighted by molar-refractivity contribution is 0.220. The SMILES string of the molecule is CNc1ccccc1SCC(C)O. The van der Waals surface area contributed by atoms with Gasteiger partial charge in [-0.2, -0.15) is 0 Å². The van der Waals surface area contributed by atoms with Crippen LogP contribution in [0.1, 0.15) is 6.92 Å². The summed E-state index contributed by atoms with van der Waals surface area (Å²) in [6.07, 6.45) is -0.255. The van der Waals surface area contributed by atoms with Crippen molar-refractivity contribution >= 4 is 17.4 Å². The number of anilines is 1. The fourth-order valence-corrected chi connectivity index (χ4v) is 1.93. The van der Waals surface area contributed by atoms with Gasteiger partial charge in [0.05, 0.1) is 6.10 Å². The molecule has 0 saturated heterocycles. The molecular formula is C10H15NOS. The minimum Gasteiger partial charge on any atom is -0.393 e. The largest absolute Gasteiger partial charge is 0.393 e. The Morgan fingerprint density at radius 3 is 2.77 bits per heavy atom. The second-order valence-electron chi connectivity index (χ2n) is 2.91. The topological polar surface area (TPSA) is 32.3 Å². The molecule has 1 atom stereocenters. The molecule has 0 amide bonds. The van der Waals surface area contributed by atoms with Gasteiger partial charge in [-0.15, -0.1) is 11.8 Å². The van der Waals surface area contributed by atoms with Crippen LogP contribution in [0.3, 0.4) is 0 Å². The third-order valence-electron chi connectivity index (χ3n) is 1.64. The van der Waals surface area contributed by atoms with Crippen molar-refractivity contribution in [3.8, 4) is 0 Å². The third-order valence-corrected chi connectivity index (χ3v) is 2.95. The Kier molecular flexibility index (Phi) is 4.12. The van der Waals surface area contributed by atoms with Crippen LogP contribution in [-0.2, 0) is 0 Å². The van der Waals surface area contributed by atoms with Crippen molar-refractivity contribution in [2.45, 2.75) is 17.9 Å². The van der Waals surface area contributed by atoms with E-state index in [0.717, 1.165) is 11.4 Å². The molecule has 0 fully saturated rings. The average molecular weight is 197 g/mol. The number of hydrogen-bond acceptors (Lipinski definition) is 3. The quantitative estimate of drug-likeness (QED) is 0.726. The van der Waals surface area contributed by atoms with Gasteiger partial charge in [-0.3, -0.25) is 0 Å². The zero-order chi connectivity index (χ0) is 9.68. The molecule has 0 bridgehead atoms. The number of aliphatic hydroxyl groups excluding tert-OH is 1. The standard InChI is InChI=1S/C10H15NOS/c1-8(12)7-13-10-6-4-3-5-9(10)11-2/h3-6,8,11-12H,7H2,1-2H3. The van der Waals surface area contributed by atoms with Crippen LogP contribution < -0.4 is 5.32 Å². The van der Waals surface area contributed by atoms with E-state index in [2.05, 4.69) is 11.4 Å². The molecule has 0 aliphatic rings. The monoisotopic (exact) mass is 197 g/mol. The highest BCUT2D eigenvalue weighted by Crippen LogP contribution is 2.26. The first-order valence-electron chi connectivity index (χ1n) is 4.31. The summed E-state index contributed by atoms with van der Waals surface area (Å²) >= 11 is 1.67. The zero-order valence-corrected chi connectivity index (χ0v) is 8.77. The van der Waals surface area contributed by atoms with Gasteiger partial charge >= 0.3 is 0 Å². The summed E-state index contributed by atoms with van der Waals surface area (Å²) in [5.41, 5.74) is 1.12. The Balaban J connectivity index is 2.64. The molecule has 0 aliphatic carbocycles. The van der Waals surface area contributed by atoms with Gasteiger partial charge in [-0.1, -0.05) is 12.1 Å². The summed E-state index contributed by atoms with van der Waals surface area (Å²) in [4.78, 5) is 1.19. The summed E-state index contributed by atoms with van der Waals surface area (Å²) in [5, 5.41) is 12.3. The van der Waals surface area contributed by atoms with E-state index in [1.54, 1.807) is 18.7 Å². The van der Waals surface area contributed by atoms with Crippen LogP contribution in [0.2, 0.25) is 0 Å². The van der Waals surface area contributed by atoms with Crippen molar-refractivity contribution in [3.63, 3.8) is 0 Å². The van der Waals surface area contributed by atoms with E-state index in [1.165, 1.54) is 4.90 Å². The smallest absolute Gasteiger partial charge is 0.0606 e. The van der Waals surface area contributed by atoms with Gasteiger partial charge in [0, 0.05) is 23.4 Å². The molecule has 13 heavy (non-hydrogen) atoms. The highest BCUT2D eigenvalue weighted by atomic mass is 32.2. The van der Waals surface area contributed by atoms with Crippen molar-refractivity contribution in [2.24, 2.45) is 0 Å². The molecule has 2 nitrogen and oxygen atoms in total. The summed E-state index contributed by atoms with van der Waals surface area (Å²) in [5.74, 6) is 0.735. The molecule has 1 unspecified atom stereocenters. The molecule has 2 N–H and O–H groups in total. The number of aliphatic hydroxyl groups is 1. The van der Waals surface area contributed by atoms with E-state index < -0.39 is 0 Å². The molecule has 0 aromatic heterocycles. The molecule has 0 spiro atoms. The van der Waals surface area contributed by atoms with Crippen LogP contribution in [-0.4, -0.2) is 24.0 Å². The van der Waals surface area contributed by atoms with Crippen LogP contribution >= 0.6 is 11.8 Å². The van der Waals surface area contributed by atoms with Crippen molar-refractivity contribution in [3.05, 3.63) is 24.3 Å². The molecule has 0 aliphatic heterocycles. The lowest BCUT2D eigenvalue weighted by Gasteiger charge is -2.08. The van der Waals surface area contributed by atoms with Gasteiger partial charge in [0.1, 0.15) is 0 Å². The molecular weight excluding hydrogens is 182 g/mol. The predicted molar refractivity (Wildman–Crippen MR) is 58.4 cm³/mol. The Morgan fingerprint density at radius 2 is 2.15 bits per heavy atom. The van der Waals surface area contributed by atoms with Crippen LogP contribution in [0.25, 0.3) is 0 Å². The fraction of sp³-hybridized carbons (Fsp3) is 0.400. The number of rotatable bonds is 4. The Labute approximate surface area is 83.4 Å². The normalized spacial score (nSPS) is 12.5. The second-order valence-corrected chi connectivity index (χ2v) is 3.97. The lowest BCUT2D eigenvalue weighted by Crippen LogP contribution is -2.02. The van der Waals surface area contributed by atoms with Crippen LogP contribution in [0.15, 0.2) is 29.2 Å². The first-order chi connectivity index (χ1) is 6.24. The first kappa shape index (κ1) is 10.4. The van der Waals surface area contributed by atoms with Crippen molar-refractivity contribution in [2.75, 3.05) is 18.1 Å². The number of nitrogens with one attached hydrogen (secondary N) is 1. The summed E-state index contributed by atoms with van der Waals surface area (Å²) in [6.45, 7) is 1.80. The van der Waals surface area contributed by atoms with E-state index in [4.69, 9.17) is 5.11 Å². The van der Waals surface area contributed by atoms with Gasteiger partial charge < -0.3 is 10.4 Å². The summed E-state index contributed by atoms with van der Waals surface area (Å²) in [7, 11) is 1.90. The van der Waals surface area contributed by atoms with Crippen LogP contribution in [0.5, 0.6) is 0 Å². The first-order valence-corrected chi connectivity index (χ1v) is 5.30. The van der Waals surface area contributed by atoms with Gasteiger partial charge in [-0.05, 0) is 19.1 Å². The molecule has 0 saturated carbocycles. The van der Waals surface area contributed by atoms with E-state index >= 15 is 0 Å². The maximum atomic E-state index is 9.14. The number of benzene rings is 1. The number of thioether (sulfide) groups is 1. The van der Waals surface area contributed by atoms with Gasteiger partial charge in [0.25, 0.3) is 0 Å². The Morgan fingerprint density at radius 1 is 1.46 bits per heavy atom. The summed E-state index contributed by atoms with van der Waals surface area (Å²) < 4.78 is 0. The van der Waals surface area contributed by atoms with Crippen molar-refractivity contribution in [1.29, 1.82) is 0 Å². The summed E-state index contributed by atoms with van der Waals surface area (Å²) in [6, 6.07) is 8.09. The van der Waals surface area contributed by atoms with Crippen molar-refractivity contribution < 1.29 is 5.11 Å². The van der Waals surface area contributed by atoms with Gasteiger partial charge in [0.15, 0.2) is 0 Å². The van der Waals surface area contributed by atoms with E-state index in [0.29, 0.717) is 0 Å². The molecule has 1 aromatic carbocycles. The van der Waals surface area contributed by atoms with Crippen LogP contribution in [0.4, 0.5) is 5.69 Å². The molecule has 3 heteroatoms. The minimum absolute atomic E-state index is 0.255. The minimum atomic E-state index is -0.255. The lowest BCUT2D eigenvalue weighted by atomic mass is 10.3. The van der Waals surface area contributed by atoms with E-state index in [9.17, 15) is 0 Å². The highest BCUT2D eigenvalue weighted by Gasteiger charge is 2.02. The second kappa shape index (κ2) is 5.14. The van der Waals surface area contributed by atoms with Gasteiger partial charge in [-0.25, -0.2) is 0 Å². The van der Waals surface area contributed by atoms with E-state index in [-0.39, 0.29) is 6.10 Å². The maximum Gasteiger partial charge on any atom is 0.0606 e.